The molecular weight excluding hydrogens is 408 g/mol. The Labute approximate surface area is 186 Å². The molecule has 0 aliphatic carbocycles. The third-order valence-electron chi connectivity index (χ3n) is 4.71. The van der Waals surface area contributed by atoms with Gasteiger partial charge >= 0.3 is 5.97 Å². The number of benzene rings is 3. The van der Waals surface area contributed by atoms with Crippen LogP contribution in [0.15, 0.2) is 84.9 Å². The molecule has 2 amide bonds. The van der Waals surface area contributed by atoms with Gasteiger partial charge in [-0.3, -0.25) is 14.4 Å². The fourth-order valence-corrected chi connectivity index (χ4v) is 3.00. The number of carboxylic acid groups (broad SMARTS) is 1. The largest absolute Gasteiger partial charge is 0.480 e. The normalized spacial score (nSPS) is 12.3. The number of carboxylic acids is 1. The van der Waals surface area contributed by atoms with Crippen LogP contribution in [0.5, 0.6) is 11.5 Å². The number of aliphatic carboxylic acids is 1. The molecule has 0 radical (unpaired) electrons. The van der Waals surface area contributed by atoms with Crippen LogP contribution in [0.25, 0.3) is 0 Å². The van der Waals surface area contributed by atoms with E-state index in [0.717, 1.165) is 5.56 Å². The quantitative estimate of drug-likeness (QED) is 0.481. The predicted octanol–water partition coefficient (Wildman–Crippen LogP) is 3.41. The molecule has 164 valence electrons. The molecule has 2 atom stereocenters. The van der Waals surface area contributed by atoms with Gasteiger partial charge in [0.15, 0.2) is 0 Å². The predicted molar refractivity (Wildman–Crippen MR) is 120 cm³/mol. The summed E-state index contributed by atoms with van der Waals surface area (Å²) < 4.78 is 5.77. The van der Waals surface area contributed by atoms with Crippen LogP contribution in [-0.4, -0.2) is 35.0 Å². The first kappa shape index (κ1) is 22.6. The van der Waals surface area contributed by atoms with Gasteiger partial charge < -0.3 is 20.5 Å². The number of rotatable bonds is 9. The van der Waals surface area contributed by atoms with Crippen LogP contribution in [0.2, 0.25) is 0 Å². The molecule has 0 aliphatic rings. The molecule has 3 N–H and O–H groups in total. The zero-order valence-corrected chi connectivity index (χ0v) is 17.5. The first-order valence-electron chi connectivity index (χ1n) is 10.1. The van der Waals surface area contributed by atoms with Crippen molar-refractivity contribution in [2.45, 2.75) is 25.4 Å². The summed E-state index contributed by atoms with van der Waals surface area (Å²) in [5.74, 6) is -1.09. The first-order valence-corrected chi connectivity index (χ1v) is 10.1. The van der Waals surface area contributed by atoms with Gasteiger partial charge in [-0.1, -0.05) is 54.6 Å². The molecule has 3 rings (SSSR count). The minimum absolute atomic E-state index is 0.213. The van der Waals surface area contributed by atoms with Crippen molar-refractivity contribution in [3.05, 3.63) is 96.1 Å². The number of para-hydroxylation sites is 1. The number of carbonyl (C=O) groups is 3. The third kappa shape index (κ3) is 6.43. The van der Waals surface area contributed by atoms with Crippen molar-refractivity contribution >= 4 is 17.8 Å². The van der Waals surface area contributed by atoms with E-state index in [-0.39, 0.29) is 6.42 Å². The van der Waals surface area contributed by atoms with Gasteiger partial charge in [-0.2, -0.15) is 0 Å². The van der Waals surface area contributed by atoms with Crippen molar-refractivity contribution in [3.63, 3.8) is 0 Å². The van der Waals surface area contributed by atoms with Crippen LogP contribution in [0.3, 0.4) is 0 Å². The summed E-state index contributed by atoms with van der Waals surface area (Å²) in [6, 6.07) is 22.9. The standard InChI is InChI=1S/C25H24N2O5/c1-17(25(30)31)26-24(29)22(15-18-9-4-2-5-10-18)27-23(28)19-11-8-14-21(16-19)32-20-12-6-3-7-13-20/h2-14,16-17,22H,15H2,1H3,(H,26,29)(H,27,28)(H,30,31)/t17-,22+/m0/s1. The van der Waals surface area contributed by atoms with E-state index in [0.29, 0.717) is 17.1 Å². The fraction of sp³-hybridized carbons (Fsp3) is 0.160. The Morgan fingerprint density at radius 3 is 2.12 bits per heavy atom. The lowest BCUT2D eigenvalue weighted by Gasteiger charge is -2.20. The molecule has 32 heavy (non-hydrogen) atoms. The molecule has 3 aromatic rings. The van der Waals surface area contributed by atoms with Crippen molar-refractivity contribution in [3.8, 4) is 11.5 Å². The van der Waals surface area contributed by atoms with E-state index in [9.17, 15) is 14.4 Å². The summed E-state index contributed by atoms with van der Waals surface area (Å²) in [5.41, 5.74) is 1.15. The average Bonchev–Trinajstić information content (AvgIpc) is 2.80. The maximum absolute atomic E-state index is 12.9. The maximum atomic E-state index is 12.9. The first-order chi connectivity index (χ1) is 15.4. The van der Waals surface area contributed by atoms with Gasteiger partial charge in [-0.15, -0.1) is 0 Å². The van der Waals surface area contributed by atoms with Crippen molar-refractivity contribution in [2.75, 3.05) is 0 Å². The summed E-state index contributed by atoms with van der Waals surface area (Å²) in [4.78, 5) is 36.8. The highest BCUT2D eigenvalue weighted by molar-refractivity contribution is 5.98. The topological polar surface area (TPSA) is 105 Å². The summed E-state index contributed by atoms with van der Waals surface area (Å²) in [6.07, 6.45) is 0.213. The second-order valence-electron chi connectivity index (χ2n) is 7.23. The van der Waals surface area contributed by atoms with E-state index >= 15 is 0 Å². The number of hydrogen-bond acceptors (Lipinski definition) is 4. The number of hydrogen-bond donors (Lipinski definition) is 3. The number of nitrogens with one attached hydrogen (secondary N) is 2. The molecule has 3 aromatic carbocycles. The van der Waals surface area contributed by atoms with Gasteiger partial charge in [0.25, 0.3) is 5.91 Å². The molecule has 7 heteroatoms. The van der Waals surface area contributed by atoms with Gasteiger partial charge in [0.2, 0.25) is 5.91 Å². The SMILES string of the molecule is C[C@H](NC(=O)[C@@H](Cc1ccccc1)NC(=O)c1cccc(Oc2ccccc2)c1)C(=O)O. The van der Waals surface area contributed by atoms with Crippen LogP contribution in [0.4, 0.5) is 0 Å². The molecule has 0 aliphatic heterocycles. The van der Waals surface area contributed by atoms with Gasteiger partial charge in [-0.25, -0.2) is 0 Å². The van der Waals surface area contributed by atoms with E-state index in [2.05, 4.69) is 10.6 Å². The van der Waals surface area contributed by atoms with Crippen molar-refractivity contribution in [1.82, 2.24) is 10.6 Å². The minimum Gasteiger partial charge on any atom is -0.480 e. The Balaban J connectivity index is 1.75. The van der Waals surface area contributed by atoms with Crippen molar-refractivity contribution < 1.29 is 24.2 Å². The van der Waals surface area contributed by atoms with Gasteiger partial charge in [0.1, 0.15) is 23.6 Å². The molecule has 0 fully saturated rings. The summed E-state index contributed by atoms with van der Waals surface area (Å²) in [7, 11) is 0. The monoisotopic (exact) mass is 432 g/mol. The van der Waals surface area contributed by atoms with Crippen LogP contribution in [0, 0.1) is 0 Å². The summed E-state index contributed by atoms with van der Waals surface area (Å²) in [6.45, 7) is 1.37. The van der Waals surface area contributed by atoms with Crippen LogP contribution >= 0.6 is 0 Å². The van der Waals surface area contributed by atoms with E-state index < -0.39 is 29.9 Å². The average molecular weight is 432 g/mol. The fourth-order valence-electron chi connectivity index (χ4n) is 3.00. The third-order valence-corrected chi connectivity index (χ3v) is 4.71. The van der Waals surface area contributed by atoms with E-state index in [1.54, 1.807) is 36.4 Å². The molecule has 0 spiro atoms. The number of ether oxygens (including phenoxy) is 1. The molecule has 0 saturated heterocycles. The van der Waals surface area contributed by atoms with Gasteiger partial charge in [-0.05, 0) is 42.8 Å². The molecule has 0 heterocycles. The highest BCUT2D eigenvalue weighted by atomic mass is 16.5. The lowest BCUT2D eigenvalue weighted by atomic mass is 10.0. The van der Waals surface area contributed by atoms with Crippen LogP contribution in [0.1, 0.15) is 22.8 Å². The van der Waals surface area contributed by atoms with Gasteiger partial charge in [0, 0.05) is 12.0 Å². The highest BCUT2D eigenvalue weighted by Crippen LogP contribution is 2.22. The van der Waals surface area contributed by atoms with Crippen molar-refractivity contribution in [2.24, 2.45) is 0 Å². The minimum atomic E-state index is -1.16. The molecule has 0 unspecified atom stereocenters. The lowest BCUT2D eigenvalue weighted by molar-refractivity contribution is -0.141. The Bertz CT molecular complexity index is 1070. The van der Waals surface area contributed by atoms with E-state index in [1.165, 1.54) is 6.92 Å². The van der Waals surface area contributed by atoms with E-state index in [1.807, 2.05) is 48.5 Å². The molecule has 7 nitrogen and oxygen atoms in total. The Morgan fingerprint density at radius 2 is 1.47 bits per heavy atom. The second kappa shape index (κ2) is 10.8. The zero-order valence-electron chi connectivity index (χ0n) is 17.5. The lowest BCUT2D eigenvalue weighted by Crippen LogP contribution is -2.51. The number of carbonyl (C=O) groups excluding carboxylic acids is 2. The number of amides is 2. The maximum Gasteiger partial charge on any atom is 0.325 e. The summed E-state index contributed by atoms with van der Waals surface area (Å²) in [5, 5.41) is 14.2. The van der Waals surface area contributed by atoms with Crippen LogP contribution < -0.4 is 15.4 Å². The second-order valence-corrected chi connectivity index (χ2v) is 7.23. The van der Waals surface area contributed by atoms with E-state index in [4.69, 9.17) is 9.84 Å². The smallest absolute Gasteiger partial charge is 0.325 e. The zero-order chi connectivity index (χ0) is 22.9. The van der Waals surface area contributed by atoms with Crippen LogP contribution in [-0.2, 0) is 16.0 Å². The van der Waals surface area contributed by atoms with Gasteiger partial charge in [0.05, 0.1) is 0 Å². The Morgan fingerprint density at radius 1 is 0.844 bits per heavy atom. The molecule has 0 aromatic heterocycles. The summed E-state index contributed by atoms with van der Waals surface area (Å²) >= 11 is 0. The molecular formula is C25H24N2O5. The Hall–Kier alpha value is -4.13. The Kier molecular flexibility index (Phi) is 7.59. The highest BCUT2D eigenvalue weighted by Gasteiger charge is 2.25. The molecule has 0 bridgehead atoms. The molecule has 0 saturated carbocycles. The van der Waals surface area contributed by atoms with Crippen molar-refractivity contribution in [1.29, 1.82) is 0 Å².